The molecule has 0 atom stereocenters. The summed E-state index contributed by atoms with van der Waals surface area (Å²) in [7, 11) is 1.63. The van der Waals surface area contributed by atoms with Gasteiger partial charge in [-0.2, -0.15) is 0 Å². The minimum atomic E-state index is 0.490. The molecule has 0 aliphatic carbocycles. The summed E-state index contributed by atoms with van der Waals surface area (Å²) in [5.41, 5.74) is 2.05. The fourth-order valence-corrected chi connectivity index (χ4v) is 2.36. The Labute approximate surface area is 137 Å². The second kappa shape index (κ2) is 6.66. The number of imidazole rings is 1. The van der Waals surface area contributed by atoms with Gasteiger partial charge in [0.05, 0.1) is 7.11 Å². The van der Waals surface area contributed by atoms with Gasteiger partial charge in [0, 0.05) is 22.4 Å². The highest BCUT2D eigenvalue weighted by Crippen LogP contribution is 2.32. The summed E-state index contributed by atoms with van der Waals surface area (Å²) in [6.07, 6.45) is 3.51. The maximum Gasteiger partial charge on any atom is 0.161 e. The van der Waals surface area contributed by atoms with Crippen LogP contribution in [0.4, 0.5) is 0 Å². The summed E-state index contributed by atoms with van der Waals surface area (Å²) >= 11 is 3.42. The molecule has 0 fully saturated rings. The van der Waals surface area contributed by atoms with E-state index in [0.29, 0.717) is 18.1 Å². The zero-order chi connectivity index (χ0) is 15.4. The fourth-order valence-electron chi connectivity index (χ4n) is 2.10. The van der Waals surface area contributed by atoms with Gasteiger partial charge in [-0.05, 0) is 35.9 Å². The number of hydrogen-bond donors (Lipinski definition) is 1. The molecule has 1 N–H and O–H groups in total. The summed E-state index contributed by atoms with van der Waals surface area (Å²) in [5, 5.41) is 0. The molecule has 1 heterocycles. The quantitative estimate of drug-likeness (QED) is 0.733. The summed E-state index contributed by atoms with van der Waals surface area (Å²) < 4.78 is 12.3. The van der Waals surface area contributed by atoms with Crippen molar-refractivity contribution in [3.05, 3.63) is 64.9 Å². The number of ether oxygens (including phenoxy) is 2. The van der Waals surface area contributed by atoms with Gasteiger partial charge in [-0.15, -0.1) is 0 Å². The lowest BCUT2D eigenvalue weighted by molar-refractivity contribution is 0.284. The predicted octanol–water partition coefficient (Wildman–Crippen LogP) is 4.43. The molecule has 0 bridgehead atoms. The Morgan fingerprint density at radius 1 is 1.09 bits per heavy atom. The van der Waals surface area contributed by atoms with Crippen LogP contribution < -0.4 is 9.47 Å². The maximum atomic E-state index is 5.86. The second-order valence-electron chi connectivity index (χ2n) is 4.72. The zero-order valence-electron chi connectivity index (χ0n) is 12.0. The number of hydrogen-bond acceptors (Lipinski definition) is 3. The highest BCUT2D eigenvalue weighted by atomic mass is 79.9. The molecule has 0 amide bonds. The van der Waals surface area contributed by atoms with E-state index in [1.54, 1.807) is 19.5 Å². The van der Waals surface area contributed by atoms with Crippen LogP contribution in [0.2, 0.25) is 0 Å². The number of benzene rings is 2. The average Bonchev–Trinajstić information content (AvgIpc) is 3.08. The zero-order valence-corrected chi connectivity index (χ0v) is 13.6. The first-order valence-corrected chi connectivity index (χ1v) is 7.60. The van der Waals surface area contributed by atoms with E-state index >= 15 is 0 Å². The minimum Gasteiger partial charge on any atom is -0.493 e. The van der Waals surface area contributed by atoms with Gasteiger partial charge in [0.1, 0.15) is 12.4 Å². The van der Waals surface area contributed by atoms with Gasteiger partial charge < -0.3 is 14.5 Å². The van der Waals surface area contributed by atoms with Crippen LogP contribution in [0, 0.1) is 0 Å². The maximum absolute atomic E-state index is 5.86. The number of halogens is 1. The lowest BCUT2D eigenvalue weighted by atomic mass is 10.2. The summed E-state index contributed by atoms with van der Waals surface area (Å²) in [5.74, 6) is 2.20. The Balaban J connectivity index is 1.77. The van der Waals surface area contributed by atoms with Crippen LogP contribution >= 0.6 is 15.9 Å². The lowest BCUT2D eigenvalue weighted by Gasteiger charge is -2.12. The topological polar surface area (TPSA) is 47.1 Å². The number of rotatable bonds is 5. The second-order valence-corrected chi connectivity index (χ2v) is 5.63. The third-order valence-electron chi connectivity index (χ3n) is 3.24. The van der Waals surface area contributed by atoms with E-state index in [-0.39, 0.29) is 0 Å². The highest BCUT2D eigenvalue weighted by molar-refractivity contribution is 9.10. The number of nitrogens with zero attached hydrogens (tertiary/aromatic N) is 1. The third-order valence-corrected chi connectivity index (χ3v) is 3.77. The van der Waals surface area contributed by atoms with Crippen molar-refractivity contribution in [1.29, 1.82) is 0 Å². The molecule has 5 heteroatoms. The van der Waals surface area contributed by atoms with Crippen LogP contribution in [0.25, 0.3) is 11.4 Å². The molecule has 112 valence electrons. The van der Waals surface area contributed by atoms with Gasteiger partial charge in [0.2, 0.25) is 0 Å². The van der Waals surface area contributed by atoms with Crippen LogP contribution in [0.15, 0.2) is 59.3 Å². The van der Waals surface area contributed by atoms with Crippen molar-refractivity contribution in [3.8, 4) is 22.9 Å². The smallest absolute Gasteiger partial charge is 0.161 e. The average molecular weight is 359 g/mol. The van der Waals surface area contributed by atoms with Gasteiger partial charge in [-0.1, -0.05) is 28.1 Å². The Morgan fingerprint density at radius 3 is 2.59 bits per heavy atom. The van der Waals surface area contributed by atoms with Gasteiger partial charge in [0.15, 0.2) is 11.5 Å². The minimum absolute atomic E-state index is 0.490. The lowest BCUT2D eigenvalue weighted by Crippen LogP contribution is -1.98. The van der Waals surface area contributed by atoms with Crippen LogP contribution in [-0.2, 0) is 6.61 Å². The fraction of sp³-hybridized carbons (Fsp3) is 0.118. The van der Waals surface area contributed by atoms with Crippen molar-refractivity contribution < 1.29 is 9.47 Å². The summed E-state index contributed by atoms with van der Waals surface area (Å²) in [4.78, 5) is 7.31. The molecular weight excluding hydrogens is 344 g/mol. The number of methoxy groups -OCH3 is 1. The van der Waals surface area contributed by atoms with Crippen molar-refractivity contribution in [2.75, 3.05) is 7.11 Å². The van der Waals surface area contributed by atoms with Crippen molar-refractivity contribution in [3.63, 3.8) is 0 Å². The van der Waals surface area contributed by atoms with Gasteiger partial charge in [0.25, 0.3) is 0 Å². The van der Waals surface area contributed by atoms with E-state index in [1.165, 1.54) is 0 Å². The van der Waals surface area contributed by atoms with Crippen molar-refractivity contribution in [2.24, 2.45) is 0 Å². The van der Waals surface area contributed by atoms with Crippen LogP contribution in [0.5, 0.6) is 11.5 Å². The Hall–Kier alpha value is -2.27. The third kappa shape index (κ3) is 3.31. The predicted molar refractivity (Wildman–Crippen MR) is 89.0 cm³/mol. The van der Waals surface area contributed by atoms with Gasteiger partial charge in [-0.3, -0.25) is 0 Å². The molecule has 22 heavy (non-hydrogen) atoms. The van der Waals surface area contributed by atoms with E-state index in [0.717, 1.165) is 21.4 Å². The highest BCUT2D eigenvalue weighted by Gasteiger charge is 2.08. The molecule has 0 aliphatic heterocycles. The monoisotopic (exact) mass is 358 g/mol. The first kappa shape index (κ1) is 14.7. The normalized spacial score (nSPS) is 10.5. The Kier molecular flexibility index (Phi) is 4.44. The van der Waals surface area contributed by atoms with Crippen molar-refractivity contribution in [1.82, 2.24) is 9.97 Å². The molecule has 0 aliphatic rings. The molecule has 0 saturated heterocycles. The largest absolute Gasteiger partial charge is 0.493 e. The molecule has 0 unspecified atom stereocenters. The molecule has 3 rings (SSSR count). The standard InChI is InChI=1S/C17H15BrN2O2/c1-21-16-10-13(17-19-8-9-20-17)4-7-15(16)22-11-12-2-5-14(18)6-3-12/h2-10H,11H2,1H3,(H,19,20). The van der Waals surface area contributed by atoms with E-state index in [1.807, 2.05) is 42.5 Å². The van der Waals surface area contributed by atoms with E-state index in [9.17, 15) is 0 Å². The van der Waals surface area contributed by atoms with E-state index in [2.05, 4.69) is 25.9 Å². The Morgan fingerprint density at radius 2 is 1.91 bits per heavy atom. The van der Waals surface area contributed by atoms with E-state index in [4.69, 9.17) is 9.47 Å². The molecule has 4 nitrogen and oxygen atoms in total. The van der Waals surface area contributed by atoms with Crippen molar-refractivity contribution in [2.45, 2.75) is 6.61 Å². The van der Waals surface area contributed by atoms with Crippen LogP contribution in [-0.4, -0.2) is 17.1 Å². The molecular formula is C17H15BrN2O2. The molecule has 3 aromatic rings. The Bertz CT molecular complexity index is 740. The first-order chi connectivity index (χ1) is 10.8. The molecule has 0 spiro atoms. The summed E-state index contributed by atoms with van der Waals surface area (Å²) in [6.45, 7) is 0.490. The molecule has 1 aromatic heterocycles. The van der Waals surface area contributed by atoms with Crippen LogP contribution in [0.1, 0.15) is 5.56 Å². The number of nitrogens with one attached hydrogen (secondary N) is 1. The van der Waals surface area contributed by atoms with Gasteiger partial charge in [-0.25, -0.2) is 4.98 Å². The van der Waals surface area contributed by atoms with Crippen molar-refractivity contribution >= 4 is 15.9 Å². The molecule has 0 saturated carbocycles. The first-order valence-electron chi connectivity index (χ1n) is 6.81. The van der Waals surface area contributed by atoms with E-state index < -0.39 is 0 Å². The van der Waals surface area contributed by atoms with Gasteiger partial charge >= 0.3 is 0 Å². The molecule has 2 aromatic carbocycles. The number of aromatic amines is 1. The summed E-state index contributed by atoms with van der Waals surface area (Å²) in [6, 6.07) is 13.8. The van der Waals surface area contributed by atoms with Crippen LogP contribution in [0.3, 0.4) is 0 Å². The number of H-pyrrole nitrogens is 1. The SMILES string of the molecule is COc1cc(-c2ncc[nH]2)ccc1OCc1ccc(Br)cc1. The number of aromatic nitrogens is 2. The molecule has 0 radical (unpaired) electrons.